The smallest absolute Gasteiger partial charge is 0.378 e. The van der Waals surface area contributed by atoms with Crippen molar-refractivity contribution in [2.24, 2.45) is 0 Å². The van der Waals surface area contributed by atoms with Crippen molar-refractivity contribution in [3.63, 3.8) is 0 Å². The molecule has 2 saturated heterocycles. The number of likely N-dealkylation sites (N-methyl/N-ethyl adjacent to an activating group) is 1. The zero-order valence-electron chi connectivity index (χ0n) is 22.6. The molecule has 2 aromatic carbocycles. The number of hydrogen-bond acceptors (Lipinski definition) is 6. The van der Waals surface area contributed by atoms with E-state index in [4.69, 9.17) is 4.74 Å². The maximum atomic E-state index is 15.7. The first-order valence-corrected chi connectivity index (χ1v) is 13.3. The van der Waals surface area contributed by atoms with E-state index in [-0.39, 0.29) is 23.4 Å². The Morgan fingerprint density at radius 3 is 2.46 bits per heavy atom. The summed E-state index contributed by atoms with van der Waals surface area (Å²) in [7, 11) is 1.97. The molecule has 12 heteroatoms. The number of morpholine rings is 1. The second-order valence-corrected chi connectivity index (χ2v) is 10.2. The Labute approximate surface area is 234 Å². The van der Waals surface area contributed by atoms with Crippen LogP contribution >= 0.6 is 0 Å². The third-order valence-electron chi connectivity index (χ3n) is 7.51. The van der Waals surface area contributed by atoms with Gasteiger partial charge in [-0.05, 0) is 56.4 Å². The summed E-state index contributed by atoms with van der Waals surface area (Å²) < 4.78 is 75.9. The molecule has 3 heterocycles. The van der Waals surface area contributed by atoms with Crippen LogP contribution in [0.25, 0.3) is 11.3 Å². The third-order valence-corrected chi connectivity index (χ3v) is 7.51. The summed E-state index contributed by atoms with van der Waals surface area (Å²) in [6, 6.07) is 9.85. The van der Waals surface area contributed by atoms with E-state index in [1.54, 1.807) is 12.1 Å². The summed E-state index contributed by atoms with van der Waals surface area (Å²) in [4.78, 5) is 23.9. The lowest BCUT2D eigenvalue weighted by atomic mass is 10.0. The molecule has 0 bridgehead atoms. The zero-order chi connectivity index (χ0) is 29.3. The predicted octanol–water partition coefficient (Wildman–Crippen LogP) is 5.27. The maximum Gasteiger partial charge on any atom is 0.417 e. The normalized spacial score (nSPS) is 18.5. The zero-order valence-corrected chi connectivity index (χ0v) is 22.6. The second-order valence-electron chi connectivity index (χ2n) is 10.2. The first-order chi connectivity index (χ1) is 19.5. The van der Waals surface area contributed by atoms with Gasteiger partial charge in [-0.15, -0.1) is 0 Å². The largest absolute Gasteiger partial charge is 0.417 e. The molecule has 1 unspecified atom stereocenters. The van der Waals surface area contributed by atoms with E-state index >= 15 is 4.39 Å². The lowest BCUT2D eigenvalue weighted by Gasteiger charge is -2.39. The molecule has 2 aliphatic heterocycles. The van der Waals surface area contributed by atoms with Crippen molar-refractivity contribution in [3.05, 3.63) is 71.3 Å². The van der Waals surface area contributed by atoms with Gasteiger partial charge in [-0.1, -0.05) is 6.07 Å². The number of benzene rings is 2. The predicted molar refractivity (Wildman–Crippen MR) is 146 cm³/mol. The standard InChI is InChI=1S/C29H30F5N5O2/c1-18-17-39(9-8-37(18)2)26-16-23(31)21(24-4-3-5-27(35-24)38-10-12-41-13-11-38)15-25(26)36-28(40)20-7-6-19(30)14-22(20)29(32,33)34/h3-7,14-16,18H,8-13,17H2,1-2H3,(H,36,40). The molecule has 1 amide bonds. The van der Waals surface area contributed by atoms with Gasteiger partial charge in [-0.3, -0.25) is 4.79 Å². The fourth-order valence-electron chi connectivity index (χ4n) is 5.07. The van der Waals surface area contributed by atoms with Crippen LogP contribution in [0.15, 0.2) is 48.5 Å². The van der Waals surface area contributed by atoms with Crippen molar-refractivity contribution in [2.45, 2.75) is 19.1 Å². The number of halogens is 5. The van der Waals surface area contributed by atoms with E-state index in [9.17, 15) is 22.4 Å². The number of pyridine rings is 1. The van der Waals surface area contributed by atoms with E-state index in [1.165, 1.54) is 12.1 Å². The van der Waals surface area contributed by atoms with Crippen LogP contribution in [-0.2, 0) is 10.9 Å². The number of amides is 1. The molecule has 0 aliphatic carbocycles. The summed E-state index contributed by atoms with van der Waals surface area (Å²) in [5.74, 6) is -2.16. The van der Waals surface area contributed by atoms with E-state index in [1.807, 2.05) is 29.8 Å². The van der Waals surface area contributed by atoms with Crippen LogP contribution in [0.3, 0.4) is 0 Å². The van der Waals surface area contributed by atoms with Crippen LogP contribution in [0, 0.1) is 11.6 Å². The van der Waals surface area contributed by atoms with Gasteiger partial charge in [-0.25, -0.2) is 13.8 Å². The Kier molecular flexibility index (Phi) is 8.14. The second kappa shape index (κ2) is 11.6. The van der Waals surface area contributed by atoms with Crippen molar-refractivity contribution in [1.82, 2.24) is 9.88 Å². The number of aromatic nitrogens is 1. The minimum atomic E-state index is -4.96. The number of piperazine rings is 1. The Morgan fingerprint density at radius 1 is 1.00 bits per heavy atom. The van der Waals surface area contributed by atoms with Gasteiger partial charge in [0.25, 0.3) is 5.91 Å². The molecule has 1 aromatic heterocycles. The Hall–Kier alpha value is -3.77. The molecule has 1 atom stereocenters. The van der Waals surface area contributed by atoms with Crippen LogP contribution in [0.4, 0.5) is 39.1 Å². The summed E-state index contributed by atoms with van der Waals surface area (Å²) in [6.45, 7) is 6.02. The van der Waals surface area contributed by atoms with Gasteiger partial charge in [0.2, 0.25) is 0 Å². The van der Waals surface area contributed by atoms with Crippen molar-refractivity contribution in [3.8, 4) is 11.3 Å². The number of carbonyl (C=O) groups is 1. The van der Waals surface area contributed by atoms with Gasteiger partial charge in [-0.2, -0.15) is 13.2 Å². The number of hydrogen-bond donors (Lipinski definition) is 1. The molecule has 0 radical (unpaired) electrons. The average molecular weight is 576 g/mol. The van der Waals surface area contributed by atoms with Gasteiger partial charge in [0.1, 0.15) is 17.5 Å². The fraction of sp³-hybridized carbons (Fsp3) is 0.379. The summed E-state index contributed by atoms with van der Waals surface area (Å²) in [5, 5.41) is 2.56. The number of alkyl halides is 3. The first-order valence-electron chi connectivity index (χ1n) is 13.3. The highest BCUT2D eigenvalue weighted by Gasteiger charge is 2.36. The Morgan fingerprint density at radius 2 is 1.76 bits per heavy atom. The average Bonchev–Trinajstić information content (AvgIpc) is 2.95. The van der Waals surface area contributed by atoms with Crippen molar-refractivity contribution >= 4 is 23.1 Å². The monoisotopic (exact) mass is 575 g/mol. The van der Waals surface area contributed by atoms with Crippen LogP contribution in [0.2, 0.25) is 0 Å². The highest BCUT2D eigenvalue weighted by Crippen LogP contribution is 2.37. The van der Waals surface area contributed by atoms with Gasteiger partial charge >= 0.3 is 6.18 Å². The Bertz CT molecular complexity index is 1430. The van der Waals surface area contributed by atoms with Gasteiger partial charge in [0, 0.05) is 44.3 Å². The number of anilines is 3. The Balaban J connectivity index is 1.56. The highest BCUT2D eigenvalue weighted by atomic mass is 19.4. The van der Waals surface area contributed by atoms with Crippen molar-refractivity contribution < 1.29 is 31.5 Å². The van der Waals surface area contributed by atoms with E-state index < -0.39 is 34.8 Å². The molecule has 2 fully saturated rings. The molecule has 5 rings (SSSR count). The van der Waals surface area contributed by atoms with Crippen molar-refractivity contribution in [1.29, 1.82) is 0 Å². The van der Waals surface area contributed by atoms with Crippen LogP contribution in [0.1, 0.15) is 22.8 Å². The van der Waals surface area contributed by atoms with Crippen LogP contribution in [-0.4, -0.2) is 74.8 Å². The minimum absolute atomic E-state index is 0.0801. The molecule has 41 heavy (non-hydrogen) atoms. The number of nitrogens with zero attached hydrogens (tertiary/aromatic N) is 4. The van der Waals surface area contributed by atoms with E-state index in [0.717, 1.165) is 12.1 Å². The molecular formula is C29H30F5N5O2. The number of carbonyl (C=O) groups excluding carboxylic acids is 1. The van der Waals surface area contributed by atoms with Gasteiger partial charge in [0.15, 0.2) is 0 Å². The summed E-state index contributed by atoms with van der Waals surface area (Å²) >= 11 is 0. The maximum absolute atomic E-state index is 15.7. The molecule has 7 nitrogen and oxygen atoms in total. The molecule has 218 valence electrons. The summed E-state index contributed by atoms with van der Waals surface area (Å²) in [6.07, 6.45) is -4.96. The molecule has 0 spiro atoms. The van der Waals surface area contributed by atoms with E-state index in [0.29, 0.717) is 63.1 Å². The van der Waals surface area contributed by atoms with Crippen LogP contribution in [0.5, 0.6) is 0 Å². The number of nitrogens with one attached hydrogen (secondary N) is 1. The molecule has 1 N–H and O–H groups in total. The topological polar surface area (TPSA) is 60.9 Å². The fourth-order valence-corrected chi connectivity index (χ4v) is 5.07. The lowest BCUT2D eigenvalue weighted by molar-refractivity contribution is -0.138. The third kappa shape index (κ3) is 6.28. The first kappa shape index (κ1) is 28.7. The number of ether oxygens (including phenoxy) is 1. The van der Waals surface area contributed by atoms with E-state index in [2.05, 4.69) is 15.2 Å². The molecule has 3 aromatic rings. The number of rotatable bonds is 5. The highest BCUT2D eigenvalue weighted by molar-refractivity contribution is 6.07. The molecular weight excluding hydrogens is 545 g/mol. The molecule has 0 saturated carbocycles. The van der Waals surface area contributed by atoms with Gasteiger partial charge < -0.3 is 24.8 Å². The summed E-state index contributed by atoms with van der Waals surface area (Å²) in [5.41, 5.74) is -1.30. The lowest BCUT2D eigenvalue weighted by Crippen LogP contribution is -2.50. The minimum Gasteiger partial charge on any atom is -0.378 e. The van der Waals surface area contributed by atoms with Gasteiger partial charge in [0.05, 0.1) is 41.4 Å². The SMILES string of the molecule is CC1CN(c2cc(F)c(-c3cccc(N4CCOCC4)n3)cc2NC(=O)c2ccc(F)cc2C(F)(F)F)CCN1C. The van der Waals surface area contributed by atoms with Crippen molar-refractivity contribution in [2.75, 3.05) is 68.1 Å². The molecule has 2 aliphatic rings. The van der Waals surface area contributed by atoms with Crippen LogP contribution < -0.4 is 15.1 Å². The quantitative estimate of drug-likeness (QED) is 0.418.